The van der Waals surface area contributed by atoms with Gasteiger partial charge in [0, 0.05) is 28.2 Å². The van der Waals surface area contributed by atoms with Gasteiger partial charge >= 0.3 is 0 Å². The molecule has 0 bridgehead atoms. The molecule has 7 heteroatoms. The molecule has 0 aliphatic heterocycles. The second-order valence-corrected chi connectivity index (χ2v) is 6.20. The van der Waals surface area contributed by atoms with Gasteiger partial charge in [-0.2, -0.15) is 4.99 Å². The molecule has 0 saturated carbocycles. The van der Waals surface area contributed by atoms with Crippen molar-refractivity contribution >= 4 is 45.3 Å². The van der Waals surface area contributed by atoms with Crippen molar-refractivity contribution in [2.45, 2.75) is 0 Å². The maximum absolute atomic E-state index is 12.4. The highest BCUT2D eigenvalue weighted by atomic mass is 35.5. The number of benzene rings is 2. The van der Waals surface area contributed by atoms with Crippen molar-refractivity contribution < 1.29 is 4.79 Å². The summed E-state index contributed by atoms with van der Waals surface area (Å²) in [7, 11) is 0. The minimum absolute atomic E-state index is 0.268. The van der Waals surface area contributed by atoms with E-state index in [1.807, 2.05) is 47.0 Å². The van der Waals surface area contributed by atoms with Gasteiger partial charge in [-0.1, -0.05) is 29.8 Å². The molecule has 0 spiro atoms. The monoisotopic (exact) mass is 363 g/mol. The Morgan fingerprint density at radius 3 is 2.69 bits per heavy atom. The summed E-state index contributed by atoms with van der Waals surface area (Å²) in [5, 5.41) is 2.29. The fourth-order valence-electron chi connectivity index (χ4n) is 3.04. The average Bonchev–Trinajstić information content (AvgIpc) is 3.00. The number of hydrogen-bond acceptors (Lipinski definition) is 2. The number of para-hydroxylation sites is 1. The van der Waals surface area contributed by atoms with E-state index in [-0.39, 0.29) is 5.96 Å². The number of amides is 1. The second-order valence-electron chi connectivity index (χ2n) is 5.76. The van der Waals surface area contributed by atoms with Crippen molar-refractivity contribution in [3.63, 3.8) is 0 Å². The summed E-state index contributed by atoms with van der Waals surface area (Å²) in [5.41, 5.74) is 13.7. The van der Waals surface area contributed by atoms with Crippen LogP contribution in [0, 0.1) is 0 Å². The first-order valence-electron chi connectivity index (χ1n) is 7.83. The molecule has 128 valence electrons. The zero-order valence-corrected chi connectivity index (χ0v) is 14.3. The predicted molar refractivity (Wildman–Crippen MR) is 104 cm³/mol. The van der Waals surface area contributed by atoms with Crippen LogP contribution in [0.2, 0.25) is 5.02 Å². The van der Waals surface area contributed by atoms with Crippen LogP contribution in [0.4, 0.5) is 0 Å². The van der Waals surface area contributed by atoms with E-state index in [1.165, 1.54) is 0 Å². The summed E-state index contributed by atoms with van der Waals surface area (Å²) in [5.74, 6) is -0.753. The van der Waals surface area contributed by atoms with Crippen molar-refractivity contribution in [2.24, 2.45) is 16.5 Å². The quantitative estimate of drug-likeness (QED) is 0.421. The number of aliphatic imine (C=N–C) groups is 1. The number of carbonyl (C=O) groups is 1. The lowest BCUT2D eigenvalue weighted by molar-refractivity contribution is 0.100. The summed E-state index contributed by atoms with van der Waals surface area (Å²) in [6.45, 7) is 0. The molecule has 0 unspecified atom stereocenters. The molecule has 2 aromatic heterocycles. The number of carbonyl (C=O) groups excluding carboxylic acids is 1. The van der Waals surface area contributed by atoms with E-state index in [2.05, 4.69) is 9.98 Å². The molecular formula is C19H14ClN5O. The molecule has 0 saturated heterocycles. The van der Waals surface area contributed by atoms with E-state index >= 15 is 0 Å². The Kier molecular flexibility index (Phi) is 3.82. The Hall–Kier alpha value is -3.38. The first-order chi connectivity index (χ1) is 12.5. The molecule has 1 amide bonds. The van der Waals surface area contributed by atoms with Gasteiger partial charge in [0.1, 0.15) is 0 Å². The van der Waals surface area contributed by atoms with Gasteiger partial charge in [-0.25, -0.2) is 0 Å². The lowest BCUT2D eigenvalue weighted by atomic mass is 10.1. The number of nitrogens with two attached hydrogens (primary N) is 2. The molecule has 2 aromatic carbocycles. The van der Waals surface area contributed by atoms with Gasteiger partial charge < -0.3 is 16.0 Å². The van der Waals surface area contributed by atoms with Crippen molar-refractivity contribution in [3.8, 4) is 5.69 Å². The van der Waals surface area contributed by atoms with Gasteiger partial charge in [0.2, 0.25) is 0 Å². The number of hydrogen-bond donors (Lipinski definition) is 2. The zero-order valence-electron chi connectivity index (χ0n) is 13.6. The third-order valence-corrected chi connectivity index (χ3v) is 4.35. The number of halogens is 1. The number of aromatic nitrogens is 2. The highest BCUT2D eigenvalue weighted by molar-refractivity contribution is 6.31. The molecule has 26 heavy (non-hydrogen) atoms. The average molecular weight is 364 g/mol. The fraction of sp³-hybridized carbons (Fsp3) is 0. The first-order valence-corrected chi connectivity index (χ1v) is 8.21. The van der Waals surface area contributed by atoms with Gasteiger partial charge in [0.15, 0.2) is 5.96 Å². The van der Waals surface area contributed by atoms with Crippen LogP contribution in [0.3, 0.4) is 0 Å². The van der Waals surface area contributed by atoms with E-state index in [9.17, 15) is 4.79 Å². The van der Waals surface area contributed by atoms with E-state index in [0.717, 1.165) is 27.5 Å². The van der Waals surface area contributed by atoms with E-state index in [4.69, 9.17) is 23.1 Å². The Morgan fingerprint density at radius 2 is 1.88 bits per heavy atom. The Morgan fingerprint density at radius 1 is 1.08 bits per heavy atom. The summed E-state index contributed by atoms with van der Waals surface area (Å²) >= 11 is 6.08. The Bertz CT molecular complexity index is 1190. The van der Waals surface area contributed by atoms with E-state index in [0.29, 0.717) is 10.6 Å². The lowest BCUT2D eigenvalue weighted by Crippen LogP contribution is -2.24. The summed E-state index contributed by atoms with van der Waals surface area (Å²) < 4.78 is 1.93. The normalized spacial score (nSPS) is 11.0. The van der Waals surface area contributed by atoms with Gasteiger partial charge in [-0.05, 0) is 30.3 Å². The van der Waals surface area contributed by atoms with Crippen LogP contribution < -0.4 is 11.5 Å². The lowest BCUT2D eigenvalue weighted by Gasteiger charge is -2.09. The molecular weight excluding hydrogens is 350 g/mol. The van der Waals surface area contributed by atoms with Crippen LogP contribution in [0.5, 0.6) is 0 Å². The summed E-state index contributed by atoms with van der Waals surface area (Å²) in [6, 6.07) is 15.0. The molecule has 4 N–H and O–H groups in total. The maximum atomic E-state index is 12.4. The van der Waals surface area contributed by atoms with Crippen LogP contribution in [-0.2, 0) is 0 Å². The molecule has 0 aliphatic rings. The number of guanidine groups is 1. The highest BCUT2D eigenvalue weighted by Gasteiger charge is 2.16. The summed E-state index contributed by atoms with van der Waals surface area (Å²) in [4.78, 5) is 20.5. The molecule has 4 aromatic rings. The van der Waals surface area contributed by atoms with Gasteiger partial charge in [-0.15, -0.1) is 0 Å². The van der Waals surface area contributed by atoms with Crippen molar-refractivity contribution in [1.82, 2.24) is 9.55 Å². The topological polar surface area (TPSA) is 99.3 Å². The predicted octanol–water partition coefficient (Wildman–Crippen LogP) is 3.25. The zero-order chi connectivity index (χ0) is 18.3. The SMILES string of the molecule is NC(N)=NC(=O)c1cn(-c2ccnc3cc(Cl)ccc23)c2ccccc12. The molecule has 6 nitrogen and oxygen atoms in total. The Labute approximate surface area is 153 Å². The van der Waals surface area contributed by atoms with Crippen LogP contribution in [-0.4, -0.2) is 21.4 Å². The first kappa shape index (κ1) is 16.1. The van der Waals surface area contributed by atoms with Crippen molar-refractivity contribution in [2.75, 3.05) is 0 Å². The molecule has 0 fully saturated rings. The van der Waals surface area contributed by atoms with Gasteiger partial charge in [-0.3, -0.25) is 9.78 Å². The van der Waals surface area contributed by atoms with Crippen LogP contribution in [0.1, 0.15) is 10.4 Å². The molecule has 0 radical (unpaired) electrons. The smallest absolute Gasteiger partial charge is 0.282 e. The number of fused-ring (bicyclic) bond motifs is 2. The standard InChI is InChI=1S/C19H14ClN5O/c20-11-5-6-13-15(9-11)23-8-7-17(13)25-10-14(18(26)24-19(21)22)12-3-1-2-4-16(12)25/h1-10H,(H4,21,22,24,26). The number of pyridine rings is 1. The largest absolute Gasteiger partial charge is 0.370 e. The molecule has 4 rings (SSSR count). The van der Waals surface area contributed by atoms with E-state index < -0.39 is 5.91 Å². The van der Waals surface area contributed by atoms with Crippen LogP contribution >= 0.6 is 11.6 Å². The Balaban J connectivity index is 2.02. The number of rotatable bonds is 2. The molecule has 2 heterocycles. The third-order valence-electron chi connectivity index (χ3n) is 4.11. The van der Waals surface area contributed by atoms with Gasteiger partial charge in [0.25, 0.3) is 5.91 Å². The second kappa shape index (κ2) is 6.16. The van der Waals surface area contributed by atoms with E-state index in [1.54, 1.807) is 18.5 Å². The minimum atomic E-state index is -0.485. The molecule has 0 aliphatic carbocycles. The fourth-order valence-corrected chi connectivity index (χ4v) is 3.21. The van der Waals surface area contributed by atoms with Crippen LogP contribution in [0.25, 0.3) is 27.5 Å². The molecule has 0 atom stereocenters. The summed E-state index contributed by atoms with van der Waals surface area (Å²) in [6.07, 6.45) is 3.45. The van der Waals surface area contributed by atoms with Crippen molar-refractivity contribution in [1.29, 1.82) is 0 Å². The highest BCUT2D eigenvalue weighted by Crippen LogP contribution is 2.29. The van der Waals surface area contributed by atoms with Crippen molar-refractivity contribution in [3.05, 3.63) is 71.5 Å². The van der Waals surface area contributed by atoms with Crippen LogP contribution in [0.15, 0.2) is 65.9 Å². The third kappa shape index (κ3) is 2.66. The maximum Gasteiger partial charge on any atom is 0.282 e. The number of nitrogens with zero attached hydrogens (tertiary/aromatic N) is 3. The van der Waals surface area contributed by atoms with Gasteiger partial charge in [0.05, 0.1) is 22.3 Å². The minimum Gasteiger partial charge on any atom is -0.370 e.